The molecule has 0 spiro atoms. The number of rotatable bonds is 19. The van der Waals surface area contributed by atoms with Crippen molar-refractivity contribution in [2.75, 3.05) is 13.7 Å². The van der Waals surface area contributed by atoms with Crippen LogP contribution in [0.1, 0.15) is 191 Å². The van der Waals surface area contributed by atoms with Gasteiger partial charge in [-0.2, -0.15) is 0 Å². The lowest BCUT2D eigenvalue weighted by Gasteiger charge is -2.72. The molecule has 1 unspecified atom stereocenters. The van der Waals surface area contributed by atoms with Crippen LogP contribution in [-0.4, -0.2) is 60.6 Å². The van der Waals surface area contributed by atoms with Crippen LogP contribution < -0.4 is 10.6 Å². The lowest BCUT2D eigenvalue weighted by Crippen LogP contribution is -2.67. The highest BCUT2D eigenvalue weighted by atomic mass is 16.5. The van der Waals surface area contributed by atoms with Crippen molar-refractivity contribution in [1.29, 1.82) is 0 Å². The number of amides is 2. The van der Waals surface area contributed by atoms with Gasteiger partial charge in [0.15, 0.2) is 0 Å². The minimum atomic E-state index is -1.16. The minimum absolute atomic E-state index is 0.0195. The second-order valence-corrected chi connectivity index (χ2v) is 23.1. The third kappa shape index (κ3) is 9.28. The normalized spacial score (nSPS) is 35.7. The molecule has 10 nitrogen and oxygen atoms in total. The largest absolute Gasteiger partial charge is 0.481 e. The number of esters is 2. The predicted octanol–water partition coefficient (Wildman–Crippen LogP) is 10.6. The summed E-state index contributed by atoms with van der Waals surface area (Å²) < 4.78 is 11.1. The van der Waals surface area contributed by atoms with Crippen molar-refractivity contribution in [2.45, 2.75) is 203 Å². The molecule has 0 aromatic heterocycles. The second kappa shape index (κ2) is 19.3. The number of nitrogens with one attached hydrogen (secondary N) is 2. The molecular weight excluding hydrogens is 781 g/mol. The number of aliphatic carboxylic acids is 1. The number of ether oxygens (including phenoxy) is 2. The molecule has 2 amide bonds. The number of fused-ring (bicyclic) bond motifs is 7. The highest BCUT2D eigenvalue weighted by Crippen LogP contribution is 2.77. The van der Waals surface area contributed by atoms with Crippen LogP contribution in [0, 0.1) is 68.0 Å². The van der Waals surface area contributed by atoms with Gasteiger partial charge in [0.2, 0.25) is 11.8 Å². The minimum Gasteiger partial charge on any atom is -0.481 e. The monoisotopic (exact) mass is 867 g/mol. The number of hydrogen-bond acceptors (Lipinski definition) is 7. The molecule has 10 heteroatoms. The van der Waals surface area contributed by atoms with E-state index in [2.05, 4.69) is 58.8 Å². The smallest absolute Gasteiger partial charge is 0.328 e. The summed E-state index contributed by atoms with van der Waals surface area (Å²) >= 11 is 0. The van der Waals surface area contributed by atoms with Gasteiger partial charge < -0.3 is 25.2 Å². The SMILES string of the molecule is C=C(C)[C@@H]1CC[C@]2(C(=O)NCCCCCCCCC(=O)N[C@@H](C(=O)OC)C(C)CC)CC[C@]3(C)[C@H](CC[C@@H]4[C@@]5(C)CC[C@H](OC(=O)CC(C)(C)C(=O)O)C(C)(C)[C@@H]5CC[C@]43C)[C@@H]12. The maximum Gasteiger partial charge on any atom is 0.328 e. The van der Waals surface area contributed by atoms with E-state index < -0.39 is 23.4 Å². The zero-order valence-corrected chi connectivity index (χ0v) is 40.8. The first-order valence-corrected chi connectivity index (χ1v) is 24.7. The summed E-state index contributed by atoms with van der Waals surface area (Å²) in [5, 5.41) is 16.0. The summed E-state index contributed by atoms with van der Waals surface area (Å²) in [6.07, 6.45) is 17.0. The summed E-state index contributed by atoms with van der Waals surface area (Å²) in [6.45, 7) is 26.9. The molecular formula is C52H86N2O8. The third-order valence-electron chi connectivity index (χ3n) is 19.0. The van der Waals surface area contributed by atoms with Gasteiger partial charge in [0.1, 0.15) is 12.1 Å². The Morgan fingerprint density at radius 2 is 1.48 bits per heavy atom. The molecule has 62 heavy (non-hydrogen) atoms. The van der Waals surface area contributed by atoms with E-state index in [4.69, 9.17) is 9.47 Å². The van der Waals surface area contributed by atoms with Gasteiger partial charge in [0.25, 0.3) is 0 Å². The molecule has 0 heterocycles. The molecule has 12 atom stereocenters. The summed E-state index contributed by atoms with van der Waals surface area (Å²) in [5.41, 5.74) is -0.183. The van der Waals surface area contributed by atoms with E-state index in [1.807, 2.05) is 13.8 Å². The first kappa shape index (κ1) is 50.1. The first-order chi connectivity index (χ1) is 29.0. The molecule has 0 aromatic carbocycles. The quantitative estimate of drug-likeness (QED) is 0.0660. The maximum absolute atomic E-state index is 14.6. The molecule has 0 aromatic rings. The molecule has 5 aliphatic carbocycles. The van der Waals surface area contributed by atoms with Crippen molar-refractivity contribution >= 4 is 29.7 Å². The van der Waals surface area contributed by atoms with E-state index in [9.17, 15) is 29.1 Å². The van der Waals surface area contributed by atoms with Gasteiger partial charge in [-0.25, -0.2) is 4.79 Å². The fraction of sp³-hybridized carbons (Fsp3) is 0.865. The number of methoxy groups -OCH3 is 1. The number of carbonyl (C=O) groups excluding carboxylic acids is 4. The maximum atomic E-state index is 14.6. The highest BCUT2D eigenvalue weighted by Gasteiger charge is 2.72. The molecule has 352 valence electrons. The highest BCUT2D eigenvalue weighted by molar-refractivity contribution is 5.85. The summed E-state index contributed by atoms with van der Waals surface area (Å²) in [7, 11) is 1.36. The topological polar surface area (TPSA) is 148 Å². The fourth-order valence-electron chi connectivity index (χ4n) is 14.9. The molecule has 5 saturated carbocycles. The van der Waals surface area contributed by atoms with E-state index >= 15 is 0 Å². The van der Waals surface area contributed by atoms with Crippen molar-refractivity contribution in [3.63, 3.8) is 0 Å². The van der Waals surface area contributed by atoms with Crippen molar-refractivity contribution in [2.24, 2.45) is 68.0 Å². The number of unbranched alkanes of at least 4 members (excludes halogenated alkanes) is 5. The zero-order valence-electron chi connectivity index (χ0n) is 40.8. The van der Waals surface area contributed by atoms with Crippen molar-refractivity contribution < 1.29 is 38.6 Å². The molecule has 5 aliphatic rings. The van der Waals surface area contributed by atoms with Crippen LogP contribution in [-0.2, 0) is 33.4 Å². The number of carboxylic acids is 1. The Morgan fingerprint density at radius 1 is 0.823 bits per heavy atom. The van der Waals surface area contributed by atoms with E-state index in [-0.39, 0.29) is 63.3 Å². The Hall–Kier alpha value is -2.91. The van der Waals surface area contributed by atoms with Gasteiger partial charge in [0.05, 0.1) is 24.4 Å². The second-order valence-electron chi connectivity index (χ2n) is 23.1. The number of carboxylic acid groups (broad SMARTS) is 1. The Kier molecular flexibility index (Phi) is 15.6. The van der Waals surface area contributed by atoms with Crippen LogP contribution in [0.4, 0.5) is 0 Å². The van der Waals surface area contributed by atoms with Crippen LogP contribution in [0.15, 0.2) is 12.2 Å². The van der Waals surface area contributed by atoms with Crippen LogP contribution >= 0.6 is 0 Å². The average molecular weight is 867 g/mol. The van der Waals surface area contributed by atoms with Gasteiger partial charge in [-0.3, -0.25) is 19.2 Å². The Morgan fingerprint density at radius 3 is 2.11 bits per heavy atom. The number of carbonyl (C=O) groups is 5. The van der Waals surface area contributed by atoms with Gasteiger partial charge in [-0.05, 0) is 150 Å². The Labute approximate surface area is 375 Å². The zero-order chi connectivity index (χ0) is 46.1. The van der Waals surface area contributed by atoms with E-state index in [0.717, 1.165) is 109 Å². The van der Waals surface area contributed by atoms with Crippen LogP contribution in [0.2, 0.25) is 0 Å². The predicted molar refractivity (Wildman–Crippen MR) is 244 cm³/mol. The van der Waals surface area contributed by atoms with Gasteiger partial charge in [-0.15, -0.1) is 0 Å². The average Bonchev–Trinajstić information content (AvgIpc) is 3.61. The summed E-state index contributed by atoms with van der Waals surface area (Å²) in [6, 6.07) is -0.599. The standard InChI is InChI=1S/C52H86N2O8/c1-13-34(4)43(44(57)61-12)54-40(55)20-18-16-14-15-17-19-31-53-45(58)52-28-23-35(33(2)3)42(52)36-21-22-38-49(9)26-25-39(62-41(56)32-47(5,6)46(59)60)48(7,8)37(49)24-27-51(38,11)50(36,10)29-30-52/h34-39,42-43H,2,13-32H2,1,3-12H3,(H,53,58)(H,54,55)(H,59,60)/t34?,35-,36+,37-,38+,39-,42+,43+,49-,50+,51+,52-/m0/s1. The lowest BCUT2D eigenvalue weighted by molar-refractivity contribution is -0.249. The molecule has 0 bridgehead atoms. The third-order valence-corrected chi connectivity index (χ3v) is 19.0. The molecule has 5 fully saturated rings. The van der Waals surface area contributed by atoms with E-state index in [1.54, 1.807) is 13.8 Å². The van der Waals surface area contributed by atoms with Crippen LogP contribution in [0.3, 0.4) is 0 Å². The lowest BCUT2D eigenvalue weighted by atomic mass is 9.32. The van der Waals surface area contributed by atoms with Gasteiger partial charge in [-0.1, -0.05) is 92.7 Å². The molecule has 5 rings (SSSR count). The van der Waals surface area contributed by atoms with Crippen molar-refractivity contribution in [1.82, 2.24) is 10.6 Å². The molecule has 0 radical (unpaired) electrons. The summed E-state index contributed by atoms with van der Waals surface area (Å²) in [5.74, 6) is 0.448. The van der Waals surface area contributed by atoms with Crippen molar-refractivity contribution in [3.05, 3.63) is 12.2 Å². The Bertz CT molecular complexity index is 1670. The molecule has 0 aliphatic heterocycles. The van der Waals surface area contributed by atoms with E-state index in [1.165, 1.54) is 12.7 Å². The molecule has 3 N–H and O–H groups in total. The van der Waals surface area contributed by atoms with Gasteiger partial charge >= 0.3 is 17.9 Å². The summed E-state index contributed by atoms with van der Waals surface area (Å²) in [4.78, 5) is 64.2. The van der Waals surface area contributed by atoms with Crippen molar-refractivity contribution in [3.8, 4) is 0 Å². The first-order valence-electron chi connectivity index (χ1n) is 24.7. The van der Waals surface area contributed by atoms with Crippen LogP contribution in [0.25, 0.3) is 0 Å². The number of allylic oxidation sites excluding steroid dienone is 1. The fourth-order valence-corrected chi connectivity index (χ4v) is 14.9. The number of hydrogen-bond donors (Lipinski definition) is 3. The van der Waals surface area contributed by atoms with Gasteiger partial charge in [0, 0.05) is 18.4 Å². The Balaban J connectivity index is 1.17. The van der Waals surface area contributed by atoms with Crippen LogP contribution in [0.5, 0.6) is 0 Å². The molecule has 0 saturated heterocycles. The van der Waals surface area contributed by atoms with E-state index in [0.29, 0.717) is 42.6 Å².